The molecule has 0 atom stereocenters. The van der Waals surface area contributed by atoms with Gasteiger partial charge in [0.05, 0.1) is 5.02 Å². The average molecular weight is 278 g/mol. The van der Waals surface area contributed by atoms with Gasteiger partial charge in [0.15, 0.2) is 5.78 Å². The summed E-state index contributed by atoms with van der Waals surface area (Å²) >= 11 is 6.34. The van der Waals surface area contributed by atoms with Gasteiger partial charge in [0.2, 0.25) is 0 Å². The second-order valence-electron chi connectivity index (χ2n) is 5.70. The van der Waals surface area contributed by atoms with Gasteiger partial charge in [-0.15, -0.1) is 0 Å². The fraction of sp³-hybridized carbons (Fsp3) is 0.562. The molecule has 3 rings (SSSR count). The largest absolute Gasteiger partial charge is 0.317 e. The van der Waals surface area contributed by atoms with Crippen molar-refractivity contribution in [2.45, 2.75) is 38.5 Å². The quantitative estimate of drug-likeness (QED) is 0.840. The molecule has 19 heavy (non-hydrogen) atoms. The van der Waals surface area contributed by atoms with Crippen LogP contribution in [-0.4, -0.2) is 18.9 Å². The molecule has 0 saturated carbocycles. The van der Waals surface area contributed by atoms with Crippen molar-refractivity contribution < 1.29 is 4.79 Å². The van der Waals surface area contributed by atoms with Gasteiger partial charge in [-0.3, -0.25) is 4.79 Å². The molecule has 2 aliphatic rings. The van der Waals surface area contributed by atoms with Gasteiger partial charge in [0, 0.05) is 11.5 Å². The topological polar surface area (TPSA) is 29.1 Å². The Bertz CT molecular complexity index is 492. The van der Waals surface area contributed by atoms with E-state index in [2.05, 4.69) is 11.4 Å². The molecule has 1 saturated heterocycles. The van der Waals surface area contributed by atoms with Gasteiger partial charge < -0.3 is 5.32 Å². The third kappa shape index (κ3) is 2.70. The van der Waals surface area contributed by atoms with Gasteiger partial charge in [-0.2, -0.15) is 0 Å². The predicted molar refractivity (Wildman–Crippen MR) is 78.0 cm³/mol. The lowest BCUT2D eigenvalue weighted by Gasteiger charge is -2.23. The van der Waals surface area contributed by atoms with Crippen LogP contribution in [0.15, 0.2) is 12.1 Å². The van der Waals surface area contributed by atoms with Gasteiger partial charge in [0.25, 0.3) is 0 Å². The van der Waals surface area contributed by atoms with E-state index in [1.165, 1.54) is 24.0 Å². The summed E-state index contributed by atoms with van der Waals surface area (Å²) in [5, 5.41) is 3.96. The highest BCUT2D eigenvalue weighted by Gasteiger charge is 2.25. The lowest BCUT2D eigenvalue weighted by Crippen LogP contribution is -2.32. The zero-order valence-electron chi connectivity index (χ0n) is 11.2. The molecule has 0 aromatic heterocycles. The summed E-state index contributed by atoms with van der Waals surface area (Å²) in [6.07, 6.45) is 6.55. The molecule has 3 heteroatoms. The first kappa shape index (κ1) is 13.1. The number of piperidine rings is 1. The first-order valence-electron chi connectivity index (χ1n) is 7.32. The number of carbonyl (C=O) groups is 1. The Hall–Kier alpha value is -0.860. The van der Waals surface area contributed by atoms with Crippen LogP contribution in [0.3, 0.4) is 0 Å². The van der Waals surface area contributed by atoms with Crippen molar-refractivity contribution in [3.63, 3.8) is 0 Å². The molecule has 102 valence electrons. The lowest BCUT2D eigenvalue weighted by molar-refractivity contribution is 0.0895. The molecule has 0 spiro atoms. The first-order chi connectivity index (χ1) is 9.25. The van der Waals surface area contributed by atoms with E-state index < -0.39 is 0 Å². The molecular weight excluding hydrogens is 258 g/mol. The number of rotatable bonds is 2. The molecule has 0 bridgehead atoms. The fourth-order valence-corrected chi connectivity index (χ4v) is 3.53. The highest BCUT2D eigenvalue weighted by Crippen LogP contribution is 2.30. The molecule has 1 aliphatic heterocycles. The van der Waals surface area contributed by atoms with Crippen LogP contribution in [0.25, 0.3) is 0 Å². The summed E-state index contributed by atoms with van der Waals surface area (Å²) in [6.45, 7) is 1.89. The van der Waals surface area contributed by atoms with Crippen LogP contribution in [0.1, 0.15) is 47.2 Å². The second-order valence-corrected chi connectivity index (χ2v) is 6.10. The minimum Gasteiger partial charge on any atom is -0.317 e. The molecule has 1 fully saturated rings. The van der Waals surface area contributed by atoms with Crippen molar-refractivity contribution in [1.82, 2.24) is 5.32 Å². The van der Waals surface area contributed by atoms with E-state index in [0.29, 0.717) is 5.02 Å². The van der Waals surface area contributed by atoms with Crippen molar-refractivity contribution in [3.8, 4) is 0 Å². The summed E-state index contributed by atoms with van der Waals surface area (Å²) in [6, 6.07) is 4.10. The number of carbonyl (C=O) groups excluding carboxylic acids is 1. The second kappa shape index (κ2) is 5.64. The summed E-state index contributed by atoms with van der Waals surface area (Å²) in [5.41, 5.74) is 3.44. The Morgan fingerprint density at radius 2 is 1.74 bits per heavy atom. The zero-order valence-corrected chi connectivity index (χ0v) is 11.9. The zero-order chi connectivity index (χ0) is 13.2. The maximum absolute atomic E-state index is 12.6. The molecule has 1 aromatic rings. The third-order valence-electron chi connectivity index (χ3n) is 4.41. The summed E-state index contributed by atoms with van der Waals surface area (Å²) in [7, 11) is 0. The number of benzene rings is 1. The number of aryl methyl sites for hydroxylation is 2. The van der Waals surface area contributed by atoms with Gasteiger partial charge >= 0.3 is 0 Å². The van der Waals surface area contributed by atoms with E-state index >= 15 is 0 Å². The smallest absolute Gasteiger partial charge is 0.167 e. The van der Waals surface area contributed by atoms with Crippen molar-refractivity contribution >= 4 is 17.4 Å². The molecular formula is C16H20ClNO. The van der Waals surface area contributed by atoms with Crippen LogP contribution in [0.2, 0.25) is 5.02 Å². The highest BCUT2D eigenvalue weighted by molar-refractivity contribution is 6.34. The van der Waals surface area contributed by atoms with Gasteiger partial charge in [0.1, 0.15) is 0 Å². The SMILES string of the molecule is O=C(c1cc2c(cc1Cl)CCCC2)C1CCNCC1. The van der Waals surface area contributed by atoms with E-state index in [9.17, 15) is 4.79 Å². The molecule has 0 radical (unpaired) electrons. The van der Waals surface area contributed by atoms with Crippen LogP contribution in [0, 0.1) is 5.92 Å². The monoisotopic (exact) mass is 277 g/mol. The Morgan fingerprint density at radius 3 is 2.42 bits per heavy atom. The molecule has 2 nitrogen and oxygen atoms in total. The Kier molecular flexibility index (Phi) is 3.90. The molecule has 0 unspecified atom stereocenters. The number of nitrogens with one attached hydrogen (secondary N) is 1. The van der Waals surface area contributed by atoms with Crippen LogP contribution < -0.4 is 5.32 Å². The van der Waals surface area contributed by atoms with E-state index in [0.717, 1.165) is 44.3 Å². The molecule has 1 aromatic carbocycles. The lowest BCUT2D eigenvalue weighted by atomic mass is 9.85. The normalized spacial score (nSPS) is 20.1. The van der Waals surface area contributed by atoms with E-state index in [1.807, 2.05) is 6.07 Å². The number of ketones is 1. The fourth-order valence-electron chi connectivity index (χ4n) is 3.25. The summed E-state index contributed by atoms with van der Waals surface area (Å²) in [4.78, 5) is 12.6. The van der Waals surface area contributed by atoms with Crippen molar-refractivity contribution in [3.05, 3.63) is 33.8 Å². The van der Waals surface area contributed by atoms with E-state index in [4.69, 9.17) is 11.6 Å². The van der Waals surface area contributed by atoms with Crippen molar-refractivity contribution in [1.29, 1.82) is 0 Å². The average Bonchev–Trinajstić information content (AvgIpc) is 2.47. The van der Waals surface area contributed by atoms with Gasteiger partial charge in [-0.05, 0) is 74.9 Å². The standard InChI is InChI=1S/C16H20ClNO/c17-15-10-13-4-2-1-3-12(13)9-14(15)16(19)11-5-7-18-8-6-11/h9-11,18H,1-8H2. The van der Waals surface area contributed by atoms with Crippen LogP contribution >= 0.6 is 11.6 Å². The Balaban J connectivity index is 1.89. The van der Waals surface area contributed by atoms with Crippen LogP contribution in [0.4, 0.5) is 0 Å². The van der Waals surface area contributed by atoms with Crippen molar-refractivity contribution in [2.24, 2.45) is 5.92 Å². The minimum absolute atomic E-state index is 0.153. The molecule has 1 aliphatic carbocycles. The summed E-state index contributed by atoms with van der Waals surface area (Å²) < 4.78 is 0. The summed E-state index contributed by atoms with van der Waals surface area (Å²) in [5.74, 6) is 0.403. The maximum Gasteiger partial charge on any atom is 0.167 e. The number of hydrogen-bond donors (Lipinski definition) is 1. The number of halogens is 1. The number of Topliss-reactive ketones (excluding diaryl/α,β-unsaturated/α-hetero) is 1. The number of hydrogen-bond acceptors (Lipinski definition) is 2. The van der Waals surface area contributed by atoms with Crippen molar-refractivity contribution in [2.75, 3.05) is 13.1 Å². The highest BCUT2D eigenvalue weighted by atomic mass is 35.5. The predicted octanol–water partition coefficient (Wildman–Crippen LogP) is 3.40. The molecule has 1 heterocycles. The van der Waals surface area contributed by atoms with Crippen LogP contribution in [-0.2, 0) is 12.8 Å². The van der Waals surface area contributed by atoms with E-state index in [-0.39, 0.29) is 11.7 Å². The Morgan fingerprint density at radius 1 is 1.11 bits per heavy atom. The van der Waals surface area contributed by atoms with Gasteiger partial charge in [-0.1, -0.05) is 11.6 Å². The first-order valence-corrected chi connectivity index (χ1v) is 7.70. The Labute approximate surface area is 119 Å². The van der Waals surface area contributed by atoms with Crippen LogP contribution in [0.5, 0.6) is 0 Å². The molecule has 0 amide bonds. The third-order valence-corrected chi connectivity index (χ3v) is 4.72. The van der Waals surface area contributed by atoms with Gasteiger partial charge in [-0.25, -0.2) is 0 Å². The molecule has 1 N–H and O–H groups in total. The van der Waals surface area contributed by atoms with E-state index in [1.54, 1.807) is 0 Å². The maximum atomic E-state index is 12.6. The minimum atomic E-state index is 0.153. The number of fused-ring (bicyclic) bond motifs is 1.